The molecule has 3 amide bonds. The Morgan fingerprint density at radius 1 is 0.621 bits per heavy atom. The Morgan fingerprint density at radius 2 is 1.06 bits per heavy atom. The largest absolute Gasteiger partial charge is 0.491 e. The summed E-state index contributed by atoms with van der Waals surface area (Å²) in [4.78, 5) is 110. The number of carbonyl (C=O) groups excluding carboxylic acids is 3. The second kappa shape index (κ2) is 53.9. The molecule has 0 aromatic carbocycles. The summed E-state index contributed by atoms with van der Waals surface area (Å²) >= 11 is 8.89. The average Bonchev–Trinajstić information content (AvgIpc) is 0.803. The van der Waals surface area contributed by atoms with Crippen LogP contribution in [0.5, 0.6) is 35.3 Å². The summed E-state index contributed by atoms with van der Waals surface area (Å²) in [6, 6.07) is 9.45. The van der Waals surface area contributed by atoms with Gasteiger partial charge in [0.25, 0.3) is 0 Å². The maximum Gasteiger partial charge on any atom is 0.416 e. The van der Waals surface area contributed by atoms with E-state index in [1.807, 2.05) is 24.3 Å². The Hall–Kier alpha value is -5.78. The van der Waals surface area contributed by atoms with Crippen molar-refractivity contribution in [3.8, 4) is 35.3 Å². The Balaban J connectivity index is -0.000000692. The molecule has 0 atom stereocenters. The predicted octanol–water partition coefficient (Wildman–Crippen LogP) is 8.65. The van der Waals surface area contributed by atoms with Crippen molar-refractivity contribution >= 4 is 119 Å². The summed E-state index contributed by atoms with van der Waals surface area (Å²) < 4.78 is 68.7. The number of anilines is 6. The van der Waals surface area contributed by atoms with Gasteiger partial charge in [-0.15, -0.1) is 13.2 Å². The van der Waals surface area contributed by atoms with E-state index in [1.165, 1.54) is 45.2 Å². The molecule has 103 heavy (non-hydrogen) atoms. The van der Waals surface area contributed by atoms with Gasteiger partial charge in [-0.3, -0.25) is 45.3 Å². The van der Waals surface area contributed by atoms with Crippen molar-refractivity contribution in [3.05, 3.63) is 152 Å². The third-order valence-electron chi connectivity index (χ3n) is 12.1. The summed E-state index contributed by atoms with van der Waals surface area (Å²) in [7, 11) is 3.95. The quantitative estimate of drug-likeness (QED) is 0.0253. The Bertz CT molecular complexity index is 3870. The van der Waals surface area contributed by atoms with Crippen LogP contribution in [0, 0.1) is 186 Å². The van der Waals surface area contributed by atoms with Crippen molar-refractivity contribution in [2.75, 3.05) is 91.4 Å². The number of nitrogens with two attached hydrogens (primary N) is 3. The van der Waals surface area contributed by atoms with E-state index in [-0.39, 0.29) is 265 Å². The molecule has 2 aliphatic rings. The van der Waals surface area contributed by atoms with Gasteiger partial charge in [0.15, 0.2) is 0 Å². The standard InChI is InChI=1S/C21H26N6O6.2C18H20N6O6.S5.5U.3H2/c1-4-7-12-32-16-10-9-11-23-15(16)14-26(21(28)31-6-3)19-17(27(29)30)18(22)24-20(25-19)33-13-8-5-2;2*1-2-28-18(25)23-11-12-13(7-6-8-20-12)29-9-4-3-5-10-30-17-21-15(19)14(24(26)27)16(23)22-17;1-3-5-4-2;;;;;;;;/h4-5,9-11H,1-2,6-8,12-14H2,3H3,(H2,22,24,25);2*3-4,6-8H,2,5,9-11H2,1H3,(H2,19,21,22);;;;;;;3*1H/b;4-3+;4-3-;;;;;;;;;/i;;;;;;;;;2*1+2T;1+2. The number of rotatable bonds is 17. The molecule has 46 heteroatoms. The van der Waals surface area contributed by atoms with Gasteiger partial charge in [0.05, 0.1) is 80.7 Å². The zero-order chi connectivity index (χ0) is 75.4. The van der Waals surface area contributed by atoms with Crippen molar-refractivity contribution in [2.24, 2.45) is 0 Å². The van der Waals surface area contributed by atoms with E-state index in [2.05, 4.69) is 80.4 Å². The molecule has 6 aromatic rings. The van der Waals surface area contributed by atoms with E-state index in [0.717, 1.165) is 14.7 Å². The van der Waals surface area contributed by atoms with E-state index in [4.69, 9.17) is 65.8 Å². The number of pyridine rings is 3. The molecule has 0 unspecified atom stereocenters. The molecule has 0 fully saturated rings. The zero-order valence-electron chi connectivity index (χ0n) is 59.2. The monoisotopic (exact) mass is 2660 g/mol. The number of hydrogen-bond acceptors (Lipinski definition) is 32. The first-order valence-electron chi connectivity index (χ1n) is 31.0. The first-order chi connectivity index (χ1) is 49.4. The van der Waals surface area contributed by atoms with Gasteiger partial charge >= 0.3 is 53.4 Å². The summed E-state index contributed by atoms with van der Waals surface area (Å²) in [6.07, 6.45) is 14.7. The van der Waals surface area contributed by atoms with Crippen molar-refractivity contribution in [3.63, 3.8) is 0 Å². The van der Waals surface area contributed by atoms with Gasteiger partial charge in [0.1, 0.15) is 47.5 Å². The van der Waals surface area contributed by atoms with Crippen LogP contribution in [0.1, 0.15) is 70.9 Å². The van der Waals surface area contributed by atoms with Crippen LogP contribution in [0.15, 0.2) is 105 Å². The molecule has 0 spiro atoms. The third-order valence-corrected chi connectivity index (χ3v) is 16.5. The number of carbonyl (C=O) groups is 3. The SMILES string of the molecule is C=CCCOc1nc(N)c([N+](=O)[O-])c(N(Cc2ncccc2OCCC=C)C(=O)OCC)n1.CCOC(=O)N1Cc2ncccc2OC/C=C/CCOc2nc(N)c([N+](=O)[O-])c1n2.CCOC(=O)N1Cc2ncccc2OC/C=C\CCOc2nc(N)c([N+](=O)[O-])c1n2.S=S=S=S=S.[3HH].[3H][3H].[3H][3H].[U].[U].[U].[U].[U]. The number of nitrogen functional groups attached to an aromatic ring is 3. The fourth-order valence-electron chi connectivity index (χ4n) is 7.93. The molecule has 6 aromatic heterocycles. The molecule has 8 heterocycles. The van der Waals surface area contributed by atoms with E-state index >= 15 is 0 Å². The molecule has 8 rings (SSSR count). The van der Waals surface area contributed by atoms with Crippen molar-refractivity contribution in [2.45, 2.75) is 66.1 Å². The second-order valence-corrected chi connectivity index (χ2v) is 23.9. The summed E-state index contributed by atoms with van der Waals surface area (Å²) in [5, 5.41) is 35.1. The smallest absolute Gasteiger partial charge is 0.416 e. The van der Waals surface area contributed by atoms with Gasteiger partial charge in [0.2, 0.25) is 34.9 Å². The number of nitrogens with zero attached hydrogens (tertiary/aromatic N) is 15. The van der Waals surface area contributed by atoms with Gasteiger partial charge in [-0.1, -0.05) is 36.5 Å². The summed E-state index contributed by atoms with van der Waals surface area (Å²) in [6.45, 7) is 13.0. The van der Waals surface area contributed by atoms with Crippen LogP contribution in [-0.4, -0.2) is 137 Å². The van der Waals surface area contributed by atoms with Crippen LogP contribution in [-0.2, 0) is 82.9 Å². The van der Waals surface area contributed by atoms with Crippen molar-refractivity contribution < 1.29 is 235 Å². The topological polar surface area (TPSA) is 467 Å². The van der Waals surface area contributed by atoms with Gasteiger partial charge in [-0.25, -0.2) is 29.1 Å². The maximum atomic E-state index is 12.8. The Kier molecular flexibility index (Phi) is 48.8. The predicted molar refractivity (Wildman–Crippen MR) is 375 cm³/mol. The number of ether oxygens (including phenoxy) is 9. The second-order valence-electron chi connectivity index (χ2n) is 18.6. The average molecular weight is 2660 g/mol. The first-order valence-corrected chi connectivity index (χ1v) is 34.3. The fourth-order valence-corrected chi connectivity index (χ4v) is 10.7. The fraction of sp³-hybridized carbons (Fsp3) is 0.333. The van der Waals surface area contributed by atoms with Crippen LogP contribution in [0.25, 0.3) is 0 Å². The minimum atomic E-state index is -0.890. The van der Waals surface area contributed by atoms with Crippen molar-refractivity contribution in [1.82, 2.24) is 44.9 Å². The Labute approximate surface area is 734 Å². The van der Waals surface area contributed by atoms with Crippen LogP contribution >= 0.6 is 0 Å². The number of nitro groups is 3. The molecular formula is C57H72N18O18S5U5. The number of hydrogen-bond donors (Lipinski definition) is 3. The molecule has 36 nitrogen and oxygen atoms in total. The van der Waals surface area contributed by atoms with E-state index in [9.17, 15) is 44.7 Å². The minimum absolute atomic E-state index is 0. The molecule has 0 saturated carbocycles. The van der Waals surface area contributed by atoms with Gasteiger partial charge in [0, 0.05) is 231 Å². The molecule has 0 saturated heterocycles. The molecular weight excluding hydrogens is 2580 g/mol. The van der Waals surface area contributed by atoms with E-state index in [1.54, 1.807) is 69.3 Å². The van der Waals surface area contributed by atoms with Gasteiger partial charge < -0.3 is 59.8 Å². The minimum Gasteiger partial charge on any atom is -0.491 e. The molecule has 2 aliphatic heterocycles. The van der Waals surface area contributed by atoms with Gasteiger partial charge in [-0.2, -0.15) is 29.9 Å². The van der Waals surface area contributed by atoms with Crippen LogP contribution in [0.2, 0.25) is 0 Å². The Morgan fingerprint density at radius 3 is 1.49 bits per heavy atom. The van der Waals surface area contributed by atoms with Crippen LogP contribution in [0.3, 0.4) is 0 Å². The van der Waals surface area contributed by atoms with Crippen LogP contribution < -0.4 is 60.3 Å². The number of amides is 3. The number of fused-ring (bicyclic) bond motifs is 6. The van der Waals surface area contributed by atoms with Crippen LogP contribution in [0.4, 0.5) is 66.4 Å². The summed E-state index contributed by atoms with van der Waals surface area (Å²) in [5.41, 5.74) is 16.5. The molecule has 0 radical (unpaired) electrons. The molecule has 4 bridgehead atoms. The normalized spacial score (nSPS) is 12.5. The molecule has 0 aliphatic carbocycles. The van der Waals surface area contributed by atoms with E-state index in [0.29, 0.717) is 66.6 Å². The zero-order valence-corrected chi connectivity index (χ0v) is 80.1. The maximum absolute atomic E-state index is 12.8. The summed E-state index contributed by atoms with van der Waals surface area (Å²) in [5.74, 6) is -1.22. The van der Waals surface area contributed by atoms with Gasteiger partial charge in [-0.05, 0) is 82.9 Å². The van der Waals surface area contributed by atoms with Crippen molar-refractivity contribution in [1.29, 1.82) is 0 Å². The number of aromatic nitrogens is 9. The first kappa shape index (κ1) is 93.3. The molecule has 548 valence electrons. The van der Waals surface area contributed by atoms with E-state index < -0.39 is 67.6 Å². The third kappa shape index (κ3) is 31.7. The molecule has 6 N–H and O–H groups in total.